The Morgan fingerprint density at radius 2 is 1.91 bits per heavy atom. The van der Waals surface area contributed by atoms with E-state index >= 15 is 0 Å². The van der Waals surface area contributed by atoms with E-state index in [-0.39, 0.29) is 17.5 Å². The number of fused-ring (bicyclic) bond motifs is 2. The Morgan fingerprint density at radius 1 is 1.11 bits per heavy atom. The predicted octanol–water partition coefficient (Wildman–Crippen LogP) is 7.39. The Bertz CT molecular complexity index is 1630. The number of rotatable bonds is 7. The molecule has 3 heterocycles. The van der Waals surface area contributed by atoms with Crippen LogP contribution in [0, 0.1) is 32.1 Å². The average Bonchev–Trinajstić information content (AvgIpc) is 3.54. The van der Waals surface area contributed by atoms with Crippen LogP contribution in [0.1, 0.15) is 73.9 Å². The van der Waals surface area contributed by atoms with Crippen LogP contribution in [0.2, 0.25) is 0 Å². The highest BCUT2D eigenvalue weighted by Crippen LogP contribution is 2.59. The van der Waals surface area contributed by atoms with Crippen LogP contribution in [0.4, 0.5) is 9.93 Å². The molecule has 0 radical (unpaired) electrons. The quantitative estimate of drug-likeness (QED) is 0.252. The maximum Gasteiger partial charge on any atom is 0.410 e. The molecule has 1 saturated carbocycles. The molecule has 1 unspecified atom stereocenters. The van der Waals surface area contributed by atoms with E-state index in [1.54, 1.807) is 11.3 Å². The van der Waals surface area contributed by atoms with Gasteiger partial charge in [-0.05, 0) is 114 Å². The molecule has 2 fully saturated rings. The van der Waals surface area contributed by atoms with Crippen molar-refractivity contribution >= 4 is 28.5 Å². The first kappa shape index (κ1) is 31.4. The van der Waals surface area contributed by atoms with E-state index in [9.17, 15) is 9.59 Å². The summed E-state index contributed by atoms with van der Waals surface area (Å²) in [6, 6.07) is 8.47. The number of piperidine rings is 1. The molecule has 0 spiro atoms. The average molecular weight is 632 g/mol. The molecule has 2 aromatic carbocycles. The summed E-state index contributed by atoms with van der Waals surface area (Å²) in [5.41, 5.74) is 8.34. The van der Waals surface area contributed by atoms with Gasteiger partial charge in [-0.3, -0.25) is 4.79 Å². The van der Waals surface area contributed by atoms with Crippen LogP contribution in [-0.4, -0.2) is 53.8 Å². The molecule has 45 heavy (non-hydrogen) atoms. The lowest BCUT2D eigenvalue weighted by molar-refractivity contribution is -0.150. The lowest BCUT2D eigenvalue weighted by atomic mass is 9.88. The SMILES string of the molecule is CCOC(=O)[C@@]12CCN(c3nc(-c4cc(C)ccc4OCc4cc(C)c5c(c4C)CCN(C(=O)OC(C)(C)C)C5)cs3)CC1C2. The van der Waals surface area contributed by atoms with Crippen molar-refractivity contribution in [3.05, 3.63) is 63.0 Å². The normalized spacial score (nSPS) is 20.7. The molecule has 3 aromatic rings. The molecule has 1 amide bonds. The minimum absolute atomic E-state index is 0.0249. The van der Waals surface area contributed by atoms with Gasteiger partial charge in [0.25, 0.3) is 0 Å². The number of hydrogen-bond acceptors (Lipinski definition) is 8. The molecule has 3 aliphatic rings. The van der Waals surface area contributed by atoms with Crippen molar-refractivity contribution in [1.29, 1.82) is 0 Å². The number of esters is 1. The first-order valence-electron chi connectivity index (χ1n) is 16.1. The van der Waals surface area contributed by atoms with Gasteiger partial charge >= 0.3 is 12.1 Å². The fourth-order valence-corrected chi connectivity index (χ4v) is 7.76. The summed E-state index contributed by atoms with van der Waals surface area (Å²) in [5, 5.41) is 3.10. The van der Waals surface area contributed by atoms with E-state index in [1.165, 1.54) is 22.3 Å². The van der Waals surface area contributed by atoms with Crippen LogP contribution in [0.15, 0.2) is 29.6 Å². The van der Waals surface area contributed by atoms with Gasteiger partial charge in [-0.1, -0.05) is 17.7 Å². The lowest BCUT2D eigenvalue weighted by Crippen LogP contribution is -2.40. The third kappa shape index (κ3) is 6.28. The molecular formula is C36H45N3O5S. The predicted molar refractivity (Wildman–Crippen MR) is 177 cm³/mol. The Balaban J connectivity index is 1.16. The van der Waals surface area contributed by atoms with Crippen molar-refractivity contribution in [2.75, 3.05) is 31.1 Å². The Labute approximate surface area is 270 Å². The number of anilines is 1. The number of carbonyl (C=O) groups excluding carboxylic acids is 2. The number of amides is 1. The van der Waals surface area contributed by atoms with Gasteiger partial charge in [-0.2, -0.15) is 0 Å². The second-order valence-electron chi connectivity index (χ2n) is 13.9. The molecular weight excluding hydrogens is 586 g/mol. The standard InChI is InChI=1S/C36H45N3O5S/c1-8-42-32(40)36-12-14-38(18-26(36)17-36)33-37-30(21-45-33)28-15-22(2)9-10-31(28)43-20-25-16-23(3)29-19-39(13-11-27(29)24(25)4)34(41)44-35(5,6)7/h9-10,15-16,21,26H,8,11-14,17-20H2,1-7H3/t26?,36-/m1/s1. The first-order valence-corrected chi connectivity index (χ1v) is 17.0. The number of thiazole rings is 1. The minimum atomic E-state index is -0.513. The van der Waals surface area contributed by atoms with Crippen molar-refractivity contribution in [3.8, 4) is 17.0 Å². The molecule has 1 saturated heterocycles. The number of hydrogen-bond donors (Lipinski definition) is 0. The van der Waals surface area contributed by atoms with Crippen LogP contribution in [0.3, 0.4) is 0 Å². The van der Waals surface area contributed by atoms with Gasteiger partial charge in [0, 0.05) is 37.1 Å². The van der Waals surface area contributed by atoms with Crippen LogP contribution >= 0.6 is 11.3 Å². The van der Waals surface area contributed by atoms with Gasteiger partial charge in [0.1, 0.15) is 18.0 Å². The summed E-state index contributed by atoms with van der Waals surface area (Å²) in [6.07, 6.45) is 2.28. The van der Waals surface area contributed by atoms with Crippen LogP contribution in [0.25, 0.3) is 11.3 Å². The largest absolute Gasteiger partial charge is 0.488 e. The van der Waals surface area contributed by atoms with Gasteiger partial charge in [-0.25, -0.2) is 9.78 Å². The fourth-order valence-electron chi connectivity index (χ4n) is 6.90. The molecule has 0 bridgehead atoms. The zero-order chi connectivity index (χ0) is 32.1. The summed E-state index contributed by atoms with van der Waals surface area (Å²) in [5.74, 6) is 1.13. The maximum atomic E-state index is 12.7. The number of aromatic nitrogens is 1. The van der Waals surface area contributed by atoms with E-state index in [4.69, 9.17) is 19.2 Å². The van der Waals surface area contributed by atoms with Crippen LogP contribution in [0.5, 0.6) is 5.75 Å². The molecule has 1 aromatic heterocycles. The number of benzene rings is 2. The lowest BCUT2D eigenvalue weighted by Gasteiger charge is -2.33. The van der Waals surface area contributed by atoms with E-state index in [1.807, 2.05) is 38.7 Å². The Kier molecular flexibility index (Phi) is 8.35. The fraction of sp³-hybridized carbons (Fsp3) is 0.528. The van der Waals surface area contributed by atoms with E-state index in [0.717, 1.165) is 65.6 Å². The van der Waals surface area contributed by atoms with Gasteiger partial charge < -0.3 is 24.0 Å². The number of aryl methyl sites for hydroxylation is 2. The van der Waals surface area contributed by atoms with Gasteiger partial charge in [0.2, 0.25) is 0 Å². The van der Waals surface area contributed by atoms with E-state index in [2.05, 4.69) is 49.3 Å². The maximum absolute atomic E-state index is 12.7. The molecule has 0 N–H and O–H groups in total. The smallest absolute Gasteiger partial charge is 0.410 e. The van der Waals surface area contributed by atoms with Crippen LogP contribution < -0.4 is 9.64 Å². The highest BCUT2D eigenvalue weighted by molar-refractivity contribution is 7.14. The summed E-state index contributed by atoms with van der Waals surface area (Å²) in [7, 11) is 0. The van der Waals surface area contributed by atoms with Crippen molar-refractivity contribution in [2.24, 2.45) is 11.3 Å². The summed E-state index contributed by atoms with van der Waals surface area (Å²) in [4.78, 5) is 34.5. The molecule has 240 valence electrons. The third-order valence-corrected chi connectivity index (χ3v) is 10.4. The zero-order valence-corrected chi connectivity index (χ0v) is 28.4. The van der Waals surface area contributed by atoms with E-state index < -0.39 is 5.60 Å². The van der Waals surface area contributed by atoms with Crippen molar-refractivity contribution in [1.82, 2.24) is 9.88 Å². The van der Waals surface area contributed by atoms with Gasteiger partial charge in [-0.15, -0.1) is 11.3 Å². The monoisotopic (exact) mass is 631 g/mol. The number of nitrogens with zero attached hydrogens (tertiary/aromatic N) is 3. The van der Waals surface area contributed by atoms with Crippen molar-refractivity contribution in [3.63, 3.8) is 0 Å². The molecule has 2 aliphatic heterocycles. The molecule has 8 nitrogen and oxygen atoms in total. The van der Waals surface area contributed by atoms with Crippen LogP contribution in [-0.2, 0) is 33.8 Å². The Hall–Kier alpha value is -3.59. The molecule has 1 aliphatic carbocycles. The molecule has 6 rings (SSSR count). The highest BCUT2D eigenvalue weighted by atomic mass is 32.1. The van der Waals surface area contributed by atoms with Crippen molar-refractivity contribution in [2.45, 2.75) is 86.5 Å². The second kappa shape index (κ2) is 12.0. The second-order valence-corrected chi connectivity index (χ2v) is 14.7. The first-order chi connectivity index (χ1) is 21.4. The third-order valence-electron chi connectivity index (χ3n) is 9.54. The zero-order valence-electron chi connectivity index (χ0n) is 27.6. The summed E-state index contributed by atoms with van der Waals surface area (Å²) >= 11 is 1.65. The van der Waals surface area contributed by atoms with Gasteiger partial charge in [0.05, 0.1) is 17.7 Å². The van der Waals surface area contributed by atoms with Gasteiger partial charge in [0.15, 0.2) is 5.13 Å². The topological polar surface area (TPSA) is 81.2 Å². The Morgan fingerprint density at radius 3 is 2.64 bits per heavy atom. The minimum Gasteiger partial charge on any atom is -0.488 e. The molecule has 2 atom stereocenters. The summed E-state index contributed by atoms with van der Waals surface area (Å²) in [6.45, 7) is 17.7. The van der Waals surface area contributed by atoms with Crippen molar-refractivity contribution < 1.29 is 23.8 Å². The number of ether oxygens (including phenoxy) is 3. The summed E-state index contributed by atoms with van der Waals surface area (Å²) < 4.78 is 17.5. The number of carbonyl (C=O) groups is 2. The highest BCUT2D eigenvalue weighted by Gasteiger charge is 2.63. The van der Waals surface area contributed by atoms with E-state index in [0.29, 0.717) is 32.2 Å². The molecule has 9 heteroatoms.